The van der Waals surface area contributed by atoms with E-state index in [1.807, 2.05) is 0 Å². The Morgan fingerprint density at radius 2 is 1.82 bits per heavy atom. The summed E-state index contributed by atoms with van der Waals surface area (Å²) in [7, 11) is -1.92. The van der Waals surface area contributed by atoms with Crippen LogP contribution in [0.4, 0.5) is 5.13 Å². The molecule has 4 rings (SSSR count). The van der Waals surface area contributed by atoms with Gasteiger partial charge in [-0.05, 0) is 35.7 Å². The molecule has 0 N–H and O–H groups in total. The highest BCUT2D eigenvalue weighted by atomic mass is 32.2. The van der Waals surface area contributed by atoms with Crippen molar-refractivity contribution in [1.82, 2.24) is 9.29 Å². The van der Waals surface area contributed by atoms with Gasteiger partial charge in [0.1, 0.15) is 5.75 Å². The largest absolute Gasteiger partial charge is 0.497 e. The van der Waals surface area contributed by atoms with E-state index < -0.39 is 10.0 Å². The van der Waals surface area contributed by atoms with Crippen LogP contribution in [0, 0.1) is 0 Å². The molecule has 0 atom stereocenters. The zero-order chi connectivity index (χ0) is 19.6. The summed E-state index contributed by atoms with van der Waals surface area (Å²) in [6.45, 7) is 2.19. The van der Waals surface area contributed by atoms with E-state index >= 15 is 0 Å². The number of sulfonamides is 1. The lowest BCUT2D eigenvalue weighted by atomic mass is 10.3. The summed E-state index contributed by atoms with van der Waals surface area (Å²) in [5, 5.41) is 5.13. The number of piperazine rings is 1. The van der Waals surface area contributed by atoms with E-state index in [1.54, 1.807) is 58.4 Å². The normalized spacial score (nSPS) is 15.7. The fourth-order valence-electron chi connectivity index (χ4n) is 3.13. The zero-order valence-corrected chi connectivity index (χ0v) is 17.9. The first-order chi connectivity index (χ1) is 13.6. The lowest BCUT2D eigenvalue weighted by Crippen LogP contribution is -2.48. The third kappa shape index (κ3) is 4.07. The number of thiophene rings is 1. The van der Waals surface area contributed by atoms with Gasteiger partial charge in [0, 0.05) is 42.9 Å². The van der Waals surface area contributed by atoms with Gasteiger partial charge in [0.2, 0.25) is 10.0 Å². The number of thiazole rings is 1. The number of hydrogen-bond acceptors (Lipinski definition) is 7. The highest BCUT2D eigenvalue weighted by molar-refractivity contribution is 7.89. The Morgan fingerprint density at radius 1 is 1.07 bits per heavy atom. The van der Waals surface area contributed by atoms with Gasteiger partial charge < -0.3 is 9.64 Å². The van der Waals surface area contributed by atoms with Crippen molar-refractivity contribution in [2.45, 2.75) is 11.3 Å². The highest BCUT2D eigenvalue weighted by Crippen LogP contribution is 2.26. The van der Waals surface area contributed by atoms with Crippen LogP contribution in [-0.4, -0.2) is 51.0 Å². The van der Waals surface area contributed by atoms with Crippen LogP contribution in [0.1, 0.15) is 10.6 Å². The van der Waals surface area contributed by atoms with Gasteiger partial charge in [-0.15, -0.1) is 22.7 Å². The van der Waals surface area contributed by atoms with E-state index in [2.05, 4.69) is 27.8 Å². The quantitative estimate of drug-likeness (QED) is 0.594. The monoisotopic (exact) mass is 435 g/mol. The van der Waals surface area contributed by atoms with Crippen LogP contribution < -0.4 is 9.64 Å². The maximum Gasteiger partial charge on any atom is 0.243 e. The maximum atomic E-state index is 12.9. The lowest BCUT2D eigenvalue weighted by Gasteiger charge is -2.33. The Kier molecular flexibility index (Phi) is 5.68. The van der Waals surface area contributed by atoms with Gasteiger partial charge in [-0.3, -0.25) is 0 Å². The van der Waals surface area contributed by atoms with E-state index in [4.69, 9.17) is 9.72 Å². The average Bonchev–Trinajstić information content (AvgIpc) is 3.41. The zero-order valence-electron chi connectivity index (χ0n) is 15.4. The van der Waals surface area contributed by atoms with Crippen LogP contribution in [0.2, 0.25) is 0 Å². The minimum atomic E-state index is -3.49. The minimum Gasteiger partial charge on any atom is -0.497 e. The Hall–Kier alpha value is -1.94. The molecule has 0 unspecified atom stereocenters. The van der Waals surface area contributed by atoms with E-state index in [-0.39, 0.29) is 0 Å². The summed E-state index contributed by atoms with van der Waals surface area (Å²) in [6.07, 6.45) is 0.847. The van der Waals surface area contributed by atoms with Crippen molar-refractivity contribution in [2.75, 3.05) is 38.2 Å². The molecule has 3 aromatic rings. The van der Waals surface area contributed by atoms with E-state index in [1.165, 1.54) is 4.88 Å². The van der Waals surface area contributed by atoms with E-state index in [0.29, 0.717) is 36.8 Å². The third-order valence-corrected chi connectivity index (χ3v) is 8.42. The first-order valence-corrected chi connectivity index (χ1v) is 12.1. The summed E-state index contributed by atoms with van der Waals surface area (Å²) in [5.74, 6) is 0.644. The molecule has 1 fully saturated rings. The standard InChI is InChI=1S/C19H21N3O3S3/c1-25-16-4-6-18(7-5-16)28(23,24)22-10-8-21(9-11-22)19-20-15(14-27-19)13-17-3-2-12-26-17/h2-7,12,14H,8-11,13H2,1H3. The molecule has 9 heteroatoms. The van der Waals surface area contributed by atoms with Gasteiger partial charge in [0.25, 0.3) is 0 Å². The number of hydrogen-bond donors (Lipinski definition) is 0. The van der Waals surface area contributed by atoms with Crippen LogP contribution in [0.3, 0.4) is 0 Å². The molecule has 0 aliphatic carbocycles. The molecule has 0 bridgehead atoms. The van der Waals surface area contributed by atoms with Gasteiger partial charge in [0.15, 0.2) is 5.13 Å². The fourth-order valence-corrected chi connectivity index (χ4v) is 6.15. The van der Waals surface area contributed by atoms with Crippen LogP contribution in [0.15, 0.2) is 52.1 Å². The van der Waals surface area contributed by atoms with Crippen molar-refractivity contribution in [3.63, 3.8) is 0 Å². The van der Waals surface area contributed by atoms with Crippen molar-refractivity contribution in [3.05, 3.63) is 57.7 Å². The lowest BCUT2D eigenvalue weighted by molar-refractivity contribution is 0.384. The second kappa shape index (κ2) is 8.20. The molecular weight excluding hydrogens is 414 g/mol. The van der Waals surface area contributed by atoms with Crippen LogP contribution >= 0.6 is 22.7 Å². The molecule has 28 heavy (non-hydrogen) atoms. The van der Waals surface area contributed by atoms with Gasteiger partial charge in [-0.25, -0.2) is 13.4 Å². The van der Waals surface area contributed by atoms with Gasteiger partial charge in [0.05, 0.1) is 17.7 Å². The molecule has 2 aromatic heterocycles. The summed E-state index contributed by atoms with van der Waals surface area (Å²) < 4.78 is 32.4. The number of rotatable bonds is 6. The topological polar surface area (TPSA) is 62.7 Å². The molecule has 0 amide bonds. The van der Waals surface area contributed by atoms with Crippen LogP contribution in [0.25, 0.3) is 0 Å². The molecule has 6 nitrogen and oxygen atoms in total. The van der Waals surface area contributed by atoms with Crippen molar-refractivity contribution in [1.29, 1.82) is 0 Å². The number of methoxy groups -OCH3 is 1. The van der Waals surface area contributed by atoms with Crippen molar-refractivity contribution in [3.8, 4) is 5.75 Å². The maximum absolute atomic E-state index is 12.9. The molecule has 0 radical (unpaired) electrons. The number of benzene rings is 1. The Bertz CT molecular complexity index is 1010. The molecule has 0 saturated carbocycles. The molecule has 1 aromatic carbocycles. The molecule has 148 valence electrons. The first kappa shape index (κ1) is 19.4. The Labute approximate surface area is 173 Å². The average molecular weight is 436 g/mol. The number of aromatic nitrogens is 1. The van der Waals surface area contributed by atoms with Gasteiger partial charge in [-0.1, -0.05) is 6.07 Å². The fraction of sp³-hybridized carbons (Fsp3) is 0.316. The van der Waals surface area contributed by atoms with Crippen LogP contribution in [-0.2, 0) is 16.4 Å². The molecule has 0 spiro atoms. The van der Waals surface area contributed by atoms with E-state index in [0.717, 1.165) is 17.2 Å². The van der Waals surface area contributed by atoms with Crippen molar-refractivity contribution >= 4 is 37.8 Å². The van der Waals surface area contributed by atoms with E-state index in [9.17, 15) is 8.42 Å². The minimum absolute atomic E-state index is 0.300. The molecule has 1 aliphatic rings. The predicted molar refractivity (Wildman–Crippen MR) is 113 cm³/mol. The smallest absolute Gasteiger partial charge is 0.243 e. The van der Waals surface area contributed by atoms with Crippen molar-refractivity contribution < 1.29 is 13.2 Å². The SMILES string of the molecule is COc1ccc(S(=O)(=O)N2CCN(c3nc(Cc4cccs4)cs3)CC2)cc1. The summed E-state index contributed by atoms with van der Waals surface area (Å²) in [6, 6.07) is 10.7. The molecular formula is C19H21N3O3S3. The second-order valence-corrected chi connectivity index (χ2v) is 10.3. The molecule has 1 saturated heterocycles. The Morgan fingerprint density at radius 3 is 2.46 bits per heavy atom. The molecule has 1 aliphatic heterocycles. The van der Waals surface area contributed by atoms with Crippen LogP contribution in [0.5, 0.6) is 5.75 Å². The van der Waals surface area contributed by atoms with Gasteiger partial charge in [-0.2, -0.15) is 4.31 Å². The third-order valence-electron chi connectivity index (χ3n) is 4.68. The van der Waals surface area contributed by atoms with Gasteiger partial charge >= 0.3 is 0 Å². The molecule has 3 heterocycles. The predicted octanol–water partition coefficient (Wildman–Crippen LogP) is 3.31. The Balaban J connectivity index is 1.39. The number of ether oxygens (including phenoxy) is 1. The summed E-state index contributed by atoms with van der Waals surface area (Å²) >= 11 is 3.36. The summed E-state index contributed by atoms with van der Waals surface area (Å²) in [4.78, 5) is 8.51. The van der Waals surface area contributed by atoms with Crippen molar-refractivity contribution in [2.24, 2.45) is 0 Å². The number of nitrogens with zero attached hydrogens (tertiary/aromatic N) is 3. The first-order valence-electron chi connectivity index (χ1n) is 8.92. The summed E-state index contributed by atoms with van der Waals surface area (Å²) in [5.41, 5.74) is 1.07. The number of anilines is 1. The second-order valence-electron chi connectivity index (χ2n) is 6.44. The highest BCUT2D eigenvalue weighted by Gasteiger charge is 2.29.